The number of pyridine rings is 1. The van der Waals surface area contributed by atoms with Crippen LogP contribution >= 0.6 is 11.8 Å². The second-order valence-electron chi connectivity index (χ2n) is 12.2. The van der Waals surface area contributed by atoms with Gasteiger partial charge < -0.3 is 15.2 Å². The maximum absolute atomic E-state index is 15.9. The fourth-order valence-corrected chi connectivity index (χ4v) is 8.00. The molecule has 1 aliphatic rings. The number of alkyl halides is 3. The van der Waals surface area contributed by atoms with Crippen LogP contribution in [0, 0.1) is 18.6 Å². The van der Waals surface area contributed by atoms with Crippen molar-refractivity contribution in [2.24, 2.45) is 0 Å². The number of ether oxygens (including phenoxy) is 1. The Kier molecular flexibility index (Phi) is 10.1. The van der Waals surface area contributed by atoms with Crippen molar-refractivity contribution in [3.63, 3.8) is 0 Å². The highest BCUT2D eigenvalue weighted by molar-refractivity contribution is 8.00. The Morgan fingerprint density at radius 3 is 2.38 bits per heavy atom. The minimum absolute atomic E-state index is 0.0731. The summed E-state index contributed by atoms with van der Waals surface area (Å²) in [5.41, 5.74) is -1.18. The van der Waals surface area contributed by atoms with Gasteiger partial charge in [0.1, 0.15) is 5.82 Å². The second-order valence-corrected chi connectivity index (χ2v) is 13.9. The summed E-state index contributed by atoms with van der Waals surface area (Å²) >= 11 is 1.28. The molecule has 6 nitrogen and oxygen atoms in total. The van der Waals surface area contributed by atoms with E-state index in [0.717, 1.165) is 23.8 Å². The minimum Gasteiger partial charge on any atom is -0.494 e. The fraction of sp³-hybridized carbons (Fsp3) is 0.333. The molecule has 2 atom stereocenters. The zero-order valence-electron chi connectivity index (χ0n) is 26.8. The molecule has 12 heteroatoms. The first-order valence-electron chi connectivity index (χ1n) is 15.3. The molecule has 2 heterocycles. The van der Waals surface area contributed by atoms with Crippen molar-refractivity contribution >= 4 is 17.7 Å². The van der Waals surface area contributed by atoms with E-state index >= 15 is 8.78 Å². The molecule has 254 valence electrons. The predicted molar refractivity (Wildman–Crippen MR) is 175 cm³/mol. The van der Waals surface area contributed by atoms with Crippen molar-refractivity contribution in [2.45, 2.75) is 68.1 Å². The number of aromatic nitrogens is 1. The lowest BCUT2D eigenvalue weighted by Gasteiger charge is -2.35. The van der Waals surface area contributed by atoms with E-state index in [1.165, 1.54) is 41.6 Å². The maximum Gasteiger partial charge on any atom is 0.416 e. The van der Waals surface area contributed by atoms with Gasteiger partial charge in [0, 0.05) is 28.7 Å². The van der Waals surface area contributed by atoms with Crippen LogP contribution in [0.4, 0.5) is 22.0 Å². The molecule has 1 aliphatic heterocycles. The number of nitrogens with one attached hydrogen (secondary N) is 1. The Hall–Kier alpha value is -4.16. The Labute approximate surface area is 279 Å². The van der Waals surface area contributed by atoms with Crippen molar-refractivity contribution < 1.29 is 36.6 Å². The van der Waals surface area contributed by atoms with Gasteiger partial charge in [0.05, 0.1) is 35.3 Å². The quantitative estimate of drug-likeness (QED) is 0.122. The van der Waals surface area contributed by atoms with Gasteiger partial charge in [-0.3, -0.25) is 14.2 Å². The van der Waals surface area contributed by atoms with E-state index in [1.54, 1.807) is 6.92 Å². The average Bonchev–Trinajstić information content (AvgIpc) is 3.31. The van der Waals surface area contributed by atoms with E-state index in [1.807, 2.05) is 44.2 Å². The van der Waals surface area contributed by atoms with Crippen molar-refractivity contribution in [3.05, 3.63) is 117 Å². The summed E-state index contributed by atoms with van der Waals surface area (Å²) in [7, 11) is 1.28. The van der Waals surface area contributed by atoms with Gasteiger partial charge in [-0.1, -0.05) is 60.3 Å². The van der Waals surface area contributed by atoms with Crippen LogP contribution in [-0.4, -0.2) is 34.0 Å². The Balaban J connectivity index is 1.81. The number of hydrogen-bond donors (Lipinski definition) is 2. The normalized spacial score (nSPS) is 16.1. The van der Waals surface area contributed by atoms with E-state index in [0.29, 0.717) is 11.4 Å². The molecule has 4 aromatic rings. The molecule has 2 unspecified atom stereocenters. The monoisotopic (exact) mass is 686 g/mol. The highest BCUT2D eigenvalue weighted by atomic mass is 32.2. The van der Waals surface area contributed by atoms with Crippen LogP contribution in [0.25, 0.3) is 11.1 Å². The number of carboxylic acid groups (broad SMARTS) is 1. The zero-order valence-corrected chi connectivity index (χ0v) is 27.6. The molecule has 0 radical (unpaired) electrons. The molecule has 0 saturated carbocycles. The Morgan fingerprint density at radius 2 is 1.73 bits per heavy atom. The van der Waals surface area contributed by atoms with E-state index in [4.69, 9.17) is 4.74 Å². The molecule has 0 fully saturated rings. The number of hydrogen-bond acceptors (Lipinski definition) is 5. The Bertz CT molecular complexity index is 1890. The smallest absolute Gasteiger partial charge is 0.416 e. The molecule has 0 bridgehead atoms. The average molecular weight is 687 g/mol. The fourth-order valence-electron chi connectivity index (χ4n) is 6.50. The van der Waals surface area contributed by atoms with Gasteiger partial charge in [-0.2, -0.15) is 13.2 Å². The lowest BCUT2D eigenvalue weighted by molar-refractivity contribution is -0.138. The third-order valence-electron chi connectivity index (χ3n) is 8.72. The third kappa shape index (κ3) is 6.73. The van der Waals surface area contributed by atoms with Crippen molar-refractivity contribution in [3.8, 4) is 16.9 Å². The predicted octanol–water partition coefficient (Wildman–Crippen LogP) is 8.34. The number of rotatable bonds is 11. The zero-order chi connectivity index (χ0) is 35.0. The van der Waals surface area contributed by atoms with E-state index in [2.05, 4.69) is 5.32 Å². The number of thioether (sulfide) groups is 1. The summed E-state index contributed by atoms with van der Waals surface area (Å²) in [6.45, 7) is 5.63. The molecule has 0 spiro atoms. The number of methoxy groups -OCH3 is 1. The molecule has 0 aliphatic carbocycles. The largest absolute Gasteiger partial charge is 0.494 e. The number of halogens is 5. The minimum atomic E-state index is -4.85. The van der Waals surface area contributed by atoms with Crippen molar-refractivity contribution in [2.75, 3.05) is 13.7 Å². The number of benzene rings is 3. The highest BCUT2D eigenvalue weighted by Gasteiger charge is 2.48. The summed E-state index contributed by atoms with van der Waals surface area (Å²) in [4.78, 5) is 26.0. The molecule has 1 aromatic heterocycles. The second kappa shape index (κ2) is 13.8. The molecule has 2 N–H and O–H groups in total. The molecule has 48 heavy (non-hydrogen) atoms. The van der Waals surface area contributed by atoms with Crippen molar-refractivity contribution in [1.29, 1.82) is 0 Å². The van der Waals surface area contributed by atoms with Crippen LogP contribution in [0.2, 0.25) is 0 Å². The lowest BCUT2D eigenvalue weighted by atomic mass is 9.88. The summed E-state index contributed by atoms with van der Waals surface area (Å²) in [6.07, 6.45) is -5.15. The molecular weight excluding hydrogens is 651 g/mol. The van der Waals surface area contributed by atoms with Gasteiger partial charge >= 0.3 is 12.1 Å². The van der Waals surface area contributed by atoms with Gasteiger partial charge in [0.2, 0.25) is 0 Å². The molecule has 0 amide bonds. The van der Waals surface area contributed by atoms with Gasteiger partial charge in [-0.15, -0.1) is 0 Å². The summed E-state index contributed by atoms with van der Waals surface area (Å²) in [6, 6.07) is 15.1. The lowest BCUT2D eigenvalue weighted by Crippen LogP contribution is -2.42. The first-order chi connectivity index (χ1) is 22.7. The van der Waals surface area contributed by atoms with Gasteiger partial charge in [0.15, 0.2) is 11.6 Å². The molecule has 5 rings (SSSR count). The molecule has 3 aromatic carbocycles. The molecule has 0 saturated heterocycles. The van der Waals surface area contributed by atoms with Crippen LogP contribution in [0.3, 0.4) is 0 Å². The standard InChI is InChI=1S/C36H35F5N2O4S/c1-20-23(19-24-25(36(39,40)41)14-9-15-26(24)37)34-43(33(46)29(20)22-13-8-16-27(47-4)30(22)38)32(35(2,3)48-34)31(21-11-6-5-7-12-21)42-18-10-17-28(44)45/h5-9,11-16,31-32,42H,10,17-19H2,1-4H3,(H,44,45). The SMILES string of the molecule is COc1cccc(-c2c(C)c(Cc3c(F)cccc3C(F)(F)F)c3n(c2=O)C(C(NCCCC(=O)O)c2ccccc2)C(C)(C)S3)c1F. The van der Waals surface area contributed by atoms with Crippen LogP contribution in [0.5, 0.6) is 5.75 Å². The van der Waals surface area contributed by atoms with Crippen molar-refractivity contribution in [1.82, 2.24) is 9.88 Å². The number of carbonyl (C=O) groups is 1. The van der Waals surface area contributed by atoms with Crippen LogP contribution in [-0.2, 0) is 17.4 Å². The van der Waals surface area contributed by atoms with Gasteiger partial charge in [0.25, 0.3) is 5.56 Å². The van der Waals surface area contributed by atoms with Gasteiger partial charge in [-0.25, -0.2) is 8.78 Å². The topological polar surface area (TPSA) is 80.6 Å². The summed E-state index contributed by atoms with van der Waals surface area (Å²) in [5.74, 6) is -2.95. The van der Waals surface area contributed by atoms with E-state index in [9.17, 15) is 27.9 Å². The van der Waals surface area contributed by atoms with E-state index < -0.39 is 63.7 Å². The summed E-state index contributed by atoms with van der Waals surface area (Å²) in [5, 5.41) is 13.0. The van der Waals surface area contributed by atoms with Crippen LogP contribution < -0.4 is 15.6 Å². The number of carboxylic acids is 1. The van der Waals surface area contributed by atoms with E-state index in [-0.39, 0.29) is 41.0 Å². The Morgan fingerprint density at radius 1 is 1.04 bits per heavy atom. The summed E-state index contributed by atoms with van der Waals surface area (Å²) < 4.78 is 79.7. The van der Waals surface area contributed by atoms with Gasteiger partial charge in [-0.05, 0) is 68.6 Å². The molecular formula is C36H35F5N2O4S. The number of nitrogens with zero attached hydrogens (tertiary/aromatic N) is 1. The highest BCUT2D eigenvalue weighted by Crippen LogP contribution is 2.55. The third-order valence-corrected chi connectivity index (χ3v) is 10.1. The maximum atomic E-state index is 15.9. The van der Waals surface area contributed by atoms with Crippen LogP contribution in [0.1, 0.15) is 66.6 Å². The number of fused-ring (bicyclic) bond motifs is 1. The number of aliphatic carboxylic acids is 1. The first-order valence-corrected chi connectivity index (χ1v) is 16.1. The van der Waals surface area contributed by atoms with Crippen LogP contribution in [0.15, 0.2) is 76.6 Å². The first kappa shape index (κ1) is 35.2.